The third-order valence-electron chi connectivity index (χ3n) is 5.58. The fraction of sp³-hybridized carbons (Fsp3) is 0.409. The number of carbonyl (C=O) groups excluding carboxylic acids is 2. The van der Waals surface area contributed by atoms with Gasteiger partial charge in [0, 0.05) is 43.9 Å². The van der Waals surface area contributed by atoms with E-state index < -0.39 is 29.4 Å². The first kappa shape index (κ1) is 23.0. The maximum Gasteiger partial charge on any atom is 0.253 e. The van der Waals surface area contributed by atoms with E-state index in [-0.39, 0.29) is 30.9 Å². The van der Waals surface area contributed by atoms with Crippen molar-refractivity contribution in [3.8, 4) is 0 Å². The maximum atomic E-state index is 14.0. The van der Waals surface area contributed by atoms with E-state index in [2.05, 4.69) is 5.10 Å². The van der Waals surface area contributed by atoms with Gasteiger partial charge < -0.3 is 15.4 Å². The number of halogens is 3. The first-order valence-electron chi connectivity index (χ1n) is 10.6. The Balaban J connectivity index is 1.52. The van der Waals surface area contributed by atoms with Crippen LogP contribution in [-0.2, 0) is 27.3 Å². The number of hydrogen-bond acceptors (Lipinski definition) is 5. The molecule has 8 nitrogen and oxygen atoms in total. The summed E-state index contributed by atoms with van der Waals surface area (Å²) in [5, 5.41) is 4.37. The molecule has 1 atom stereocenters. The molecule has 2 aliphatic rings. The molecule has 3 heterocycles. The number of anilines is 1. The Labute approximate surface area is 188 Å². The van der Waals surface area contributed by atoms with Crippen molar-refractivity contribution in [2.75, 3.05) is 31.2 Å². The normalized spacial score (nSPS) is 16.9. The van der Waals surface area contributed by atoms with E-state index in [4.69, 9.17) is 10.5 Å². The summed E-state index contributed by atoms with van der Waals surface area (Å²) < 4.78 is 47.5. The number of carbonyl (C=O) groups is 2. The topological polar surface area (TPSA) is 93.7 Å². The molecule has 2 aliphatic heterocycles. The van der Waals surface area contributed by atoms with Crippen molar-refractivity contribution in [3.63, 3.8) is 0 Å². The second-order valence-corrected chi connectivity index (χ2v) is 8.15. The summed E-state index contributed by atoms with van der Waals surface area (Å²) in [6, 6.07) is 2.05. The summed E-state index contributed by atoms with van der Waals surface area (Å²) in [5.74, 6) is -3.55. The number of ether oxygens (including phenoxy) is 1. The highest BCUT2D eigenvalue weighted by atomic mass is 19.2. The molecule has 176 valence electrons. The van der Waals surface area contributed by atoms with E-state index >= 15 is 0 Å². The lowest BCUT2D eigenvalue weighted by Crippen LogP contribution is -2.44. The molecule has 1 fully saturated rings. The average molecular weight is 463 g/mol. The molecule has 11 heteroatoms. The van der Waals surface area contributed by atoms with Crippen LogP contribution in [-0.4, -0.2) is 58.8 Å². The zero-order valence-electron chi connectivity index (χ0n) is 18.1. The molecule has 1 aromatic heterocycles. The Morgan fingerprint density at radius 2 is 1.82 bits per heavy atom. The van der Waals surface area contributed by atoms with Gasteiger partial charge in [0.05, 0.1) is 31.0 Å². The van der Waals surface area contributed by atoms with Crippen molar-refractivity contribution < 1.29 is 27.5 Å². The zero-order valence-corrected chi connectivity index (χ0v) is 18.1. The molecule has 1 aromatic carbocycles. The number of nitrogens with zero attached hydrogens (tertiary/aromatic N) is 4. The van der Waals surface area contributed by atoms with Crippen LogP contribution < -0.4 is 10.6 Å². The van der Waals surface area contributed by atoms with E-state index in [1.54, 1.807) is 22.6 Å². The van der Waals surface area contributed by atoms with Crippen LogP contribution in [0.5, 0.6) is 0 Å². The minimum absolute atomic E-state index is 0.118. The number of aromatic nitrogens is 2. The molecule has 0 saturated carbocycles. The van der Waals surface area contributed by atoms with Crippen molar-refractivity contribution in [1.82, 2.24) is 14.7 Å². The highest BCUT2D eigenvalue weighted by Crippen LogP contribution is 2.26. The molecule has 0 bridgehead atoms. The fourth-order valence-electron chi connectivity index (χ4n) is 3.96. The van der Waals surface area contributed by atoms with Gasteiger partial charge in [-0.2, -0.15) is 5.10 Å². The van der Waals surface area contributed by atoms with Crippen LogP contribution in [0.3, 0.4) is 0 Å². The number of aryl methyl sites for hydroxylation is 1. The summed E-state index contributed by atoms with van der Waals surface area (Å²) in [6.07, 6.45) is 1.11. The molecule has 0 aliphatic carbocycles. The summed E-state index contributed by atoms with van der Waals surface area (Å²) in [6.45, 7) is 3.80. The minimum Gasteiger partial charge on any atom is -0.378 e. The summed E-state index contributed by atoms with van der Waals surface area (Å²) in [7, 11) is 0. The standard InChI is InChI=1S/C22H24F3N5O3/c1-13-6-20-29(11-15(12-30(20)27-13)22(32)28-2-4-33-5-3-28)21(31)9-16(26)7-14-8-18(24)19(25)10-17(14)23/h6,8,10-11,16H,2-5,7,9,12,26H2,1H3/t16-/m1/s1. The van der Waals surface area contributed by atoms with Gasteiger partial charge in [0.2, 0.25) is 5.91 Å². The van der Waals surface area contributed by atoms with Gasteiger partial charge in [0.15, 0.2) is 11.6 Å². The first-order valence-corrected chi connectivity index (χ1v) is 10.6. The first-order chi connectivity index (χ1) is 15.7. The van der Waals surface area contributed by atoms with E-state index in [1.165, 1.54) is 11.1 Å². The number of hydrogen-bond donors (Lipinski definition) is 1. The summed E-state index contributed by atoms with van der Waals surface area (Å²) in [4.78, 5) is 29.1. The molecule has 1 saturated heterocycles. The van der Waals surface area contributed by atoms with Crippen LogP contribution in [0.25, 0.3) is 0 Å². The number of benzene rings is 1. The van der Waals surface area contributed by atoms with Crippen LogP contribution in [0.1, 0.15) is 17.7 Å². The highest BCUT2D eigenvalue weighted by Gasteiger charge is 2.30. The maximum absolute atomic E-state index is 14.0. The lowest BCUT2D eigenvalue weighted by Gasteiger charge is -2.31. The molecular formula is C22H24F3N5O3. The van der Waals surface area contributed by atoms with Crippen LogP contribution in [0.2, 0.25) is 0 Å². The predicted octanol–water partition coefficient (Wildman–Crippen LogP) is 1.66. The van der Waals surface area contributed by atoms with Crippen molar-refractivity contribution in [2.45, 2.75) is 32.4 Å². The number of nitrogens with two attached hydrogens (primary N) is 1. The Morgan fingerprint density at radius 1 is 1.12 bits per heavy atom. The molecule has 33 heavy (non-hydrogen) atoms. The van der Waals surface area contributed by atoms with Gasteiger partial charge in [-0.1, -0.05) is 0 Å². The quantitative estimate of drug-likeness (QED) is 0.681. The SMILES string of the molecule is Cc1cc2n(n1)CC(C(=O)N1CCOCC1)=CN2C(=O)C[C@H](N)Cc1cc(F)c(F)cc1F. The molecule has 4 rings (SSSR count). The zero-order chi connectivity index (χ0) is 23.7. The van der Waals surface area contributed by atoms with Crippen molar-refractivity contribution >= 4 is 17.6 Å². The smallest absolute Gasteiger partial charge is 0.253 e. The molecule has 0 radical (unpaired) electrons. The average Bonchev–Trinajstić information content (AvgIpc) is 3.16. The number of amides is 2. The Kier molecular flexibility index (Phi) is 6.52. The van der Waals surface area contributed by atoms with Gasteiger partial charge in [-0.05, 0) is 25.0 Å². The Morgan fingerprint density at radius 3 is 2.55 bits per heavy atom. The summed E-state index contributed by atoms with van der Waals surface area (Å²) >= 11 is 0. The van der Waals surface area contributed by atoms with E-state index in [0.717, 1.165) is 6.07 Å². The Bertz CT molecular complexity index is 1110. The van der Waals surface area contributed by atoms with Crippen LogP contribution in [0.15, 0.2) is 30.0 Å². The van der Waals surface area contributed by atoms with Crippen molar-refractivity contribution in [2.24, 2.45) is 5.73 Å². The third kappa shape index (κ3) is 4.93. The molecular weight excluding hydrogens is 439 g/mol. The van der Waals surface area contributed by atoms with Gasteiger partial charge in [-0.3, -0.25) is 14.5 Å². The Hall–Kier alpha value is -3.18. The predicted molar refractivity (Wildman–Crippen MR) is 113 cm³/mol. The van der Waals surface area contributed by atoms with Gasteiger partial charge in [-0.15, -0.1) is 0 Å². The largest absolute Gasteiger partial charge is 0.378 e. The molecule has 2 amide bonds. The molecule has 2 aromatic rings. The van der Waals surface area contributed by atoms with Gasteiger partial charge in [0.25, 0.3) is 5.91 Å². The summed E-state index contributed by atoms with van der Waals surface area (Å²) in [5.41, 5.74) is 6.99. The van der Waals surface area contributed by atoms with Gasteiger partial charge >= 0.3 is 0 Å². The lowest BCUT2D eigenvalue weighted by atomic mass is 10.0. The lowest BCUT2D eigenvalue weighted by molar-refractivity contribution is -0.131. The monoisotopic (exact) mass is 463 g/mol. The van der Waals surface area contributed by atoms with Gasteiger partial charge in [-0.25, -0.2) is 17.9 Å². The molecule has 2 N–H and O–H groups in total. The van der Waals surface area contributed by atoms with Gasteiger partial charge in [0.1, 0.15) is 11.6 Å². The minimum atomic E-state index is -1.29. The second kappa shape index (κ2) is 9.36. The number of rotatable bonds is 5. The van der Waals surface area contributed by atoms with Crippen LogP contribution in [0.4, 0.5) is 19.0 Å². The van der Waals surface area contributed by atoms with Crippen molar-refractivity contribution in [3.05, 3.63) is 58.7 Å². The number of fused-ring (bicyclic) bond motifs is 1. The second-order valence-electron chi connectivity index (χ2n) is 8.15. The van der Waals surface area contributed by atoms with Crippen LogP contribution in [0, 0.1) is 24.4 Å². The van der Waals surface area contributed by atoms with Crippen LogP contribution >= 0.6 is 0 Å². The van der Waals surface area contributed by atoms with E-state index in [0.29, 0.717) is 49.5 Å². The fourth-order valence-corrected chi connectivity index (χ4v) is 3.96. The highest BCUT2D eigenvalue weighted by molar-refractivity contribution is 6.00. The van der Waals surface area contributed by atoms with E-state index in [1.807, 2.05) is 0 Å². The van der Waals surface area contributed by atoms with E-state index in [9.17, 15) is 22.8 Å². The molecule has 0 unspecified atom stereocenters. The third-order valence-corrected chi connectivity index (χ3v) is 5.58. The number of morpholine rings is 1. The van der Waals surface area contributed by atoms with Crippen molar-refractivity contribution in [1.29, 1.82) is 0 Å². The molecule has 0 spiro atoms.